The predicted octanol–water partition coefficient (Wildman–Crippen LogP) is -0.634. The van der Waals surface area contributed by atoms with Gasteiger partial charge in [-0.3, -0.25) is 19.2 Å². The molecule has 1 N–H and O–H groups in total. The van der Waals surface area contributed by atoms with E-state index in [1.54, 1.807) is 23.1 Å². The van der Waals surface area contributed by atoms with Crippen LogP contribution in [0, 0.1) is 0 Å². The van der Waals surface area contributed by atoms with E-state index in [0.29, 0.717) is 32.0 Å². The van der Waals surface area contributed by atoms with Crippen LogP contribution in [0.5, 0.6) is 0 Å². The Kier molecular flexibility index (Phi) is 8.18. The third-order valence-corrected chi connectivity index (χ3v) is 5.42. The molecule has 2 saturated heterocycles. The molecule has 2 aliphatic heterocycles. The topological polar surface area (TPSA) is 143 Å². The van der Waals surface area contributed by atoms with Crippen molar-refractivity contribution in [3.8, 4) is 0 Å². The van der Waals surface area contributed by atoms with Gasteiger partial charge in [0, 0.05) is 44.9 Å². The number of carboxylic acids is 1. The highest BCUT2D eigenvalue weighted by molar-refractivity contribution is 6.02. The van der Waals surface area contributed by atoms with Crippen LogP contribution in [0.15, 0.2) is 24.3 Å². The average molecular weight is 477 g/mol. The molecule has 2 aliphatic rings. The second-order valence-corrected chi connectivity index (χ2v) is 7.85. The molecule has 0 aliphatic carbocycles. The van der Waals surface area contributed by atoms with Crippen molar-refractivity contribution < 1.29 is 43.3 Å². The lowest BCUT2D eigenvalue weighted by atomic mass is 10.1. The Bertz CT molecular complexity index is 961. The predicted molar refractivity (Wildman–Crippen MR) is 116 cm³/mol. The number of rotatable bonds is 7. The largest absolute Gasteiger partial charge is 0.478 e. The van der Waals surface area contributed by atoms with Crippen LogP contribution in [-0.4, -0.2) is 110 Å². The Morgan fingerprint density at radius 3 is 2.53 bits per heavy atom. The number of nitrogens with zero attached hydrogens (tertiary/aromatic N) is 3. The lowest BCUT2D eigenvalue weighted by molar-refractivity contribution is -0.177. The summed E-state index contributed by atoms with van der Waals surface area (Å²) in [4.78, 5) is 65.4. The van der Waals surface area contributed by atoms with Crippen LogP contribution < -0.4 is 4.90 Å². The van der Waals surface area contributed by atoms with Crippen molar-refractivity contribution in [2.75, 3.05) is 57.9 Å². The minimum Gasteiger partial charge on any atom is -0.478 e. The molecule has 12 heteroatoms. The molecule has 0 spiro atoms. The summed E-state index contributed by atoms with van der Waals surface area (Å²) in [5.41, 5.74) is 0.601. The Morgan fingerprint density at radius 1 is 1.18 bits per heavy atom. The van der Waals surface area contributed by atoms with Crippen LogP contribution in [0.4, 0.5) is 5.69 Å². The molecule has 0 saturated carbocycles. The first-order valence-electron chi connectivity index (χ1n) is 10.7. The van der Waals surface area contributed by atoms with E-state index in [9.17, 15) is 29.1 Å². The lowest BCUT2D eigenvalue weighted by Crippen LogP contribution is -2.55. The van der Waals surface area contributed by atoms with Crippen molar-refractivity contribution in [3.63, 3.8) is 0 Å². The summed E-state index contributed by atoms with van der Waals surface area (Å²) < 4.78 is 15.3. The zero-order valence-corrected chi connectivity index (χ0v) is 19.0. The molecule has 0 radical (unpaired) electrons. The van der Waals surface area contributed by atoms with Gasteiger partial charge in [0.25, 0.3) is 11.8 Å². The summed E-state index contributed by atoms with van der Waals surface area (Å²) in [6.07, 6.45) is -3.32. The van der Waals surface area contributed by atoms with Crippen LogP contribution >= 0.6 is 0 Å². The second-order valence-electron chi connectivity index (χ2n) is 7.85. The van der Waals surface area contributed by atoms with Gasteiger partial charge < -0.3 is 34.0 Å². The summed E-state index contributed by atoms with van der Waals surface area (Å²) in [7, 11) is 1.51. The van der Waals surface area contributed by atoms with E-state index in [2.05, 4.69) is 0 Å². The Morgan fingerprint density at radius 2 is 1.88 bits per heavy atom. The number of morpholine rings is 2. The number of carbonyl (C=O) groups is 5. The first kappa shape index (κ1) is 25.1. The van der Waals surface area contributed by atoms with Crippen LogP contribution in [0.1, 0.15) is 17.3 Å². The molecule has 3 rings (SSSR count). The second kappa shape index (κ2) is 11.1. The first-order valence-corrected chi connectivity index (χ1v) is 10.7. The first-order chi connectivity index (χ1) is 16.2. The molecular formula is C22H27N3O9. The Labute approximate surface area is 195 Å². The number of hydrogen-bond acceptors (Lipinski definition) is 8. The molecule has 0 aromatic heterocycles. The summed E-state index contributed by atoms with van der Waals surface area (Å²) in [5.74, 6) is -3.68. The van der Waals surface area contributed by atoms with E-state index in [0.717, 1.165) is 6.92 Å². The summed E-state index contributed by atoms with van der Waals surface area (Å²) >= 11 is 0. The highest BCUT2D eigenvalue weighted by Crippen LogP contribution is 2.23. The van der Waals surface area contributed by atoms with Crippen molar-refractivity contribution >= 4 is 35.3 Å². The SMILES string of the molecule is CC(=O)O[C@@H](C(=O)O)[C@H]1OCCN(c2cccc(C(=O)N(C)CC(=O)N3CCOCC3)c2)C1=O. The molecule has 2 atom stereocenters. The molecule has 0 unspecified atom stereocenters. The van der Waals surface area contributed by atoms with Gasteiger partial charge in [-0.15, -0.1) is 0 Å². The number of likely N-dealkylation sites (N-methyl/N-ethyl adjacent to an activating group) is 1. The summed E-state index contributed by atoms with van der Waals surface area (Å²) in [5, 5.41) is 9.38. The number of aliphatic carboxylic acids is 1. The molecule has 0 bridgehead atoms. The minimum absolute atomic E-state index is 0.00752. The van der Waals surface area contributed by atoms with E-state index in [1.807, 2.05) is 0 Å². The van der Waals surface area contributed by atoms with Gasteiger partial charge in [-0.05, 0) is 18.2 Å². The third kappa shape index (κ3) is 5.88. The van der Waals surface area contributed by atoms with E-state index in [4.69, 9.17) is 14.2 Å². The molecule has 2 heterocycles. The maximum Gasteiger partial charge on any atom is 0.348 e. The number of hydrogen-bond donors (Lipinski definition) is 1. The molecular weight excluding hydrogens is 450 g/mol. The normalized spacial score (nSPS) is 19.4. The van der Waals surface area contributed by atoms with Crippen LogP contribution in [0.25, 0.3) is 0 Å². The van der Waals surface area contributed by atoms with Crippen molar-refractivity contribution in [1.82, 2.24) is 9.80 Å². The zero-order chi connectivity index (χ0) is 24.8. The number of benzene rings is 1. The molecule has 34 heavy (non-hydrogen) atoms. The molecule has 184 valence electrons. The monoisotopic (exact) mass is 477 g/mol. The van der Waals surface area contributed by atoms with Crippen molar-refractivity contribution in [2.24, 2.45) is 0 Å². The fraction of sp³-hybridized carbons (Fsp3) is 0.500. The van der Waals surface area contributed by atoms with E-state index in [-0.39, 0.29) is 31.2 Å². The fourth-order valence-corrected chi connectivity index (χ4v) is 3.71. The van der Waals surface area contributed by atoms with Crippen LogP contribution in [-0.2, 0) is 33.4 Å². The number of esters is 1. The van der Waals surface area contributed by atoms with Crippen molar-refractivity contribution in [2.45, 2.75) is 19.1 Å². The van der Waals surface area contributed by atoms with Gasteiger partial charge in [0.15, 0.2) is 6.10 Å². The summed E-state index contributed by atoms with van der Waals surface area (Å²) in [6, 6.07) is 6.22. The van der Waals surface area contributed by atoms with Gasteiger partial charge in [-0.1, -0.05) is 6.07 Å². The molecule has 1 aromatic carbocycles. The average Bonchev–Trinajstić information content (AvgIpc) is 2.82. The van der Waals surface area contributed by atoms with E-state index >= 15 is 0 Å². The number of ether oxygens (including phenoxy) is 3. The number of carboxylic acid groups (broad SMARTS) is 1. The molecule has 12 nitrogen and oxygen atoms in total. The molecule has 2 fully saturated rings. The summed E-state index contributed by atoms with van der Waals surface area (Å²) in [6.45, 7) is 2.92. The van der Waals surface area contributed by atoms with Crippen LogP contribution in [0.2, 0.25) is 0 Å². The highest BCUT2D eigenvalue weighted by Gasteiger charge is 2.42. The van der Waals surface area contributed by atoms with Gasteiger partial charge in [-0.2, -0.15) is 0 Å². The van der Waals surface area contributed by atoms with Gasteiger partial charge in [-0.25, -0.2) is 4.79 Å². The van der Waals surface area contributed by atoms with E-state index in [1.165, 1.54) is 22.9 Å². The quantitative estimate of drug-likeness (QED) is 0.508. The maximum atomic E-state index is 13.0. The highest BCUT2D eigenvalue weighted by atomic mass is 16.6. The zero-order valence-electron chi connectivity index (χ0n) is 19.0. The van der Waals surface area contributed by atoms with Gasteiger partial charge in [0.05, 0.1) is 26.4 Å². The fourth-order valence-electron chi connectivity index (χ4n) is 3.71. The third-order valence-electron chi connectivity index (χ3n) is 5.42. The number of carbonyl (C=O) groups excluding carboxylic acids is 4. The van der Waals surface area contributed by atoms with Crippen molar-refractivity contribution in [1.29, 1.82) is 0 Å². The smallest absolute Gasteiger partial charge is 0.348 e. The number of anilines is 1. The molecule has 1 aromatic rings. The minimum atomic E-state index is -1.80. The van der Waals surface area contributed by atoms with Gasteiger partial charge in [0.1, 0.15) is 0 Å². The van der Waals surface area contributed by atoms with Crippen LogP contribution in [0.3, 0.4) is 0 Å². The maximum absolute atomic E-state index is 13.0. The lowest BCUT2D eigenvalue weighted by Gasteiger charge is -2.34. The van der Waals surface area contributed by atoms with Gasteiger partial charge >= 0.3 is 11.9 Å². The van der Waals surface area contributed by atoms with Gasteiger partial charge in [0.2, 0.25) is 12.0 Å². The van der Waals surface area contributed by atoms with Crippen molar-refractivity contribution in [3.05, 3.63) is 29.8 Å². The Balaban J connectivity index is 1.72. The standard InChI is InChI=1S/C22H27N3O9/c1-14(26)34-19(22(30)31)18-21(29)25(8-11-33-18)16-5-3-4-15(12-16)20(28)23(2)13-17(27)24-6-9-32-10-7-24/h3-5,12,18-19H,6-11,13H2,1-2H3,(H,30,31)/t18-,19-/m1/s1. The van der Waals surface area contributed by atoms with E-state index < -0.39 is 36.0 Å². The Hall–Kier alpha value is -3.51. The number of amides is 3. The molecule has 3 amide bonds.